The largest absolute Gasteiger partial charge is 0.497 e. The molecule has 3 N–H and O–H groups in total. The minimum absolute atomic E-state index is 0.624. The zero-order valence-electron chi connectivity index (χ0n) is 10.9. The molecule has 5 heteroatoms. The predicted molar refractivity (Wildman–Crippen MR) is 72.7 cm³/mol. The lowest BCUT2D eigenvalue weighted by Gasteiger charge is -2.08. The van der Waals surface area contributed by atoms with Crippen molar-refractivity contribution in [1.29, 1.82) is 0 Å². The molecule has 0 fully saturated rings. The van der Waals surface area contributed by atoms with Crippen molar-refractivity contribution in [2.45, 2.75) is 13.5 Å². The van der Waals surface area contributed by atoms with E-state index in [-0.39, 0.29) is 0 Å². The van der Waals surface area contributed by atoms with E-state index in [4.69, 9.17) is 10.5 Å². The molecule has 1 aromatic heterocycles. The lowest BCUT2D eigenvalue weighted by Crippen LogP contribution is -2.04. The summed E-state index contributed by atoms with van der Waals surface area (Å²) in [7, 11) is 3.56. The van der Waals surface area contributed by atoms with Crippen LogP contribution in [0, 0.1) is 6.92 Å². The minimum atomic E-state index is 0.624. The Morgan fingerprint density at radius 3 is 2.78 bits per heavy atom. The number of nitrogens with two attached hydrogens (primary N) is 1. The Labute approximate surface area is 107 Å². The van der Waals surface area contributed by atoms with Gasteiger partial charge in [0.15, 0.2) is 0 Å². The molecular weight excluding hydrogens is 228 g/mol. The van der Waals surface area contributed by atoms with Gasteiger partial charge in [-0.15, -0.1) is 0 Å². The van der Waals surface area contributed by atoms with E-state index in [9.17, 15) is 0 Å². The van der Waals surface area contributed by atoms with E-state index in [2.05, 4.69) is 10.4 Å². The van der Waals surface area contributed by atoms with Crippen LogP contribution in [0.1, 0.15) is 11.3 Å². The second kappa shape index (κ2) is 5.00. The van der Waals surface area contributed by atoms with E-state index in [1.54, 1.807) is 7.11 Å². The van der Waals surface area contributed by atoms with E-state index >= 15 is 0 Å². The van der Waals surface area contributed by atoms with E-state index in [1.807, 2.05) is 42.9 Å². The summed E-state index contributed by atoms with van der Waals surface area (Å²) in [6, 6.07) is 7.62. The summed E-state index contributed by atoms with van der Waals surface area (Å²) in [5.74, 6) is 1.65. The highest BCUT2D eigenvalue weighted by atomic mass is 16.5. The maximum absolute atomic E-state index is 5.92. The van der Waals surface area contributed by atoms with Crippen LogP contribution in [-0.2, 0) is 13.6 Å². The van der Waals surface area contributed by atoms with Gasteiger partial charge in [-0.3, -0.25) is 4.68 Å². The highest BCUT2D eigenvalue weighted by Crippen LogP contribution is 2.20. The van der Waals surface area contributed by atoms with Crippen LogP contribution in [0.15, 0.2) is 24.3 Å². The first-order chi connectivity index (χ1) is 8.60. The average Bonchev–Trinajstić information content (AvgIpc) is 2.68. The fourth-order valence-electron chi connectivity index (χ4n) is 1.69. The second-order valence-electron chi connectivity index (χ2n) is 4.21. The normalized spacial score (nSPS) is 10.4. The number of nitrogens with zero attached hydrogens (tertiary/aromatic N) is 2. The van der Waals surface area contributed by atoms with Crippen molar-refractivity contribution >= 4 is 11.5 Å². The van der Waals surface area contributed by atoms with Gasteiger partial charge in [0.2, 0.25) is 0 Å². The lowest BCUT2D eigenvalue weighted by molar-refractivity contribution is 0.414. The fourth-order valence-corrected chi connectivity index (χ4v) is 1.69. The van der Waals surface area contributed by atoms with Crippen molar-refractivity contribution in [2.24, 2.45) is 7.05 Å². The lowest BCUT2D eigenvalue weighted by atomic mass is 10.1. The number of nitrogens with one attached hydrogen (secondary N) is 1. The molecule has 1 aromatic carbocycles. The van der Waals surface area contributed by atoms with E-state index in [0.717, 1.165) is 28.5 Å². The van der Waals surface area contributed by atoms with Crippen molar-refractivity contribution < 1.29 is 4.74 Å². The third-order valence-electron chi connectivity index (χ3n) is 2.92. The number of hydrogen-bond donors (Lipinski definition) is 2. The van der Waals surface area contributed by atoms with E-state index < -0.39 is 0 Å². The number of hydrogen-bond acceptors (Lipinski definition) is 4. The Balaban J connectivity index is 2.10. The molecule has 18 heavy (non-hydrogen) atoms. The standard InChI is InChI=1S/C13H18N4O/c1-9-6-13(16-17(9)2)15-8-10-7-11(18-3)4-5-12(10)14/h4-7H,8,14H2,1-3H3,(H,15,16). The molecule has 5 nitrogen and oxygen atoms in total. The van der Waals surface area contributed by atoms with Crippen molar-refractivity contribution in [2.75, 3.05) is 18.2 Å². The van der Waals surface area contributed by atoms with E-state index in [1.165, 1.54) is 0 Å². The summed E-state index contributed by atoms with van der Waals surface area (Å²) in [6.07, 6.45) is 0. The number of nitrogen functional groups attached to an aromatic ring is 1. The summed E-state index contributed by atoms with van der Waals surface area (Å²) in [4.78, 5) is 0. The van der Waals surface area contributed by atoms with Crippen LogP contribution in [0.5, 0.6) is 5.75 Å². The van der Waals surface area contributed by atoms with Gasteiger partial charge in [0.1, 0.15) is 11.6 Å². The molecule has 0 spiro atoms. The molecular formula is C13H18N4O. The molecule has 0 amide bonds. The number of anilines is 2. The van der Waals surface area contributed by atoms with Gasteiger partial charge in [-0.2, -0.15) is 5.10 Å². The molecule has 0 saturated heterocycles. The zero-order valence-corrected chi connectivity index (χ0v) is 10.9. The van der Waals surface area contributed by atoms with Crippen LogP contribution < -0.4 is 15.8 Å². The molecule has 0 aliphatic heterocycles. The number of aromatic nitrogens is 2. The SMILES string of the molecule is COc1ccc(N)c(CNc2cc(C)n(C)n2)c1. The summed E-state index contributed by atoms with van der Waals surface area (Å²) < 4.78 is 7.01. The summed E-state index contributed by atoms with van der Waals surface area (Å²) >= 11 is 0. The van der Waals surface area contributed by atoms with Crippen molar-refractivity contribution in [3.63, 3.8) is 0 Å². The van der Waals surface area contributed by atoms with Crippen molar-refractivity contribution in [3.05, 3.63) is 35.5 Å². The first-order valence-corrected chi connectivity index (χ1v) is 5.77. The summed E-state index contributed by atoms with van der Waals surface area (Å²) in [6.45, 7) is 2.64. The topological polar surface area (TPSA) is 65.1 Å². The molecule has 0 bridgehead atoms. The van der Waals surface area contributed by atoms with Gasteiger partial charge >= 0.3 is 0 Å². The number of benzene rings is 1. The molecule has 1 heterocycles. The van der Waals surface area contributed by atoms with Crippen LogP contribution in [0.2, 0.25) is 0 Å². The smallest absolute Gasteiger partial charge is 0.148 e. The number of methoxy groups -OCH3 is 1. The fraction of sp³-hybridized carbons (Fsp3) is 0.308. The van der Waals surface area contributed by atoms with Gasteiger partial charge in [0.25, 0.3) is 0 Å². The van der Waals surface area contributed by atoms with E-state index in [0.29, 0.717) is 6.54 Å². The van der Waals surface area contributed by atoms with Crippen LogP contribution >= 0.6 is 0 Å². The summed E-state index contributed by atoms with van der Waals surface area (Å²) in [5.41, 5.74) is 8.77. The highest BCUT2D eigenvalue weighted by Gasteiger charge is 2.04. The quantitative estimate of drug-likeness (QED) is 0.809. The highest BCUT2D eigenvalue weighted by molar-refractivity contribution is 5.52. The Hall–Kier alpha value is -2.17. The summed E-state index contributed by atoms with van der Waals surface area (Å²) in [5, 5.41) is 7.58. The first-order valence-electron chi connectivity index (χ1n) is 5.77. The maximum Gasteiger partial charge on any atom is 0.148 e. The van der Waals surface area contributed by atoms with Gasteiger partial charge in [0, 0.05) is 31.0 Å². The monoisotopic (exact) mass is 246 g/mol. The molecule has 0 saturated carbocycles. The average molecular weight is 246 g/mol. The van der Waals surface area contributed by atoms with Gasteiger partial charge in [-0.1, -0.05) is 0 Å². The van der Waals surface area contributed by atoms with Gasteiger partial charge in [-0.05, 0) is 30.7 Å². The molecule has 2 rings (SSSR count). The Morgan fingerprint density at radius 2 is 2.17 bits per heavy atom. The number of aryl methyl sites for hydroxylation is 2. The minimum Gasteiger partial charge on any atom is -0.497 e. The van der Waals surface area contributed by atoms with Crippen LogP contribution in [0.25, 0.3) is 0 Å². The predicted octanol–water partition coefficient (Wildman–Crippen LogP) is 1.93. The third kappa shape index (κ3) is 2.56. The van der Waals surface area contributed by atoms with Crippen LogP contribution in [0.4, 0.5) is 11.5 Å². The first kappa shape index (κ1) is 12.3. The van der Waals surface area contributed by atoms with Crippen LogP contribution in [-0.4, -0.2) is 16.9 Å². The Bertz CT molecular complexity index is 528. The van der Waals surface area contributed by atoms with Crippen LogP contribution in [0.3, 0.4) is 0 Å². The molecule has 0 aliphatic carbocycles. The molecule has 0 radical (unpaired) electrons. The molecule has 96 valence electrons. The zero-order chi connectivity index (χ0) is 13.1. The third-order valence-corrected chi connectivity index (χ3v) is 2.92. The van der Waals surface area contributed by atoms with Gasteiger partial charge in [-0.25, -0.2) is 0 Å². The second-order valence-corrected chi connectivity index (χ2v) is 4.21. The van der Waals surface area contributed by atoms with Gasteiger partial charge < -0.3 is 15.8 Å². The molecule has 0 atom stereocenters. The Kier molecular flexibility index (Phi) is 3.41. The van der Waals surface area contributed by atoms with Crippen molar-refractivity contribution in [3.8, 4) is 5.75 Å². The Morgan fingerprint density at radius 1 is 1.39 bits per heavy atom. The number of rotatable bonds is 4. The maximum atomic E-state index is 5.92. The molecule has 0 aliphatic rings. The number of ether oxygens (including phenoxy) is 1. The molecule has 0 unspecified atom stereocenters. The van der Waals surface area contributed by atoms with Crippen molar-refractivity contribution in [1.82, 2.24) is 9.78 Å². The van der Waals surface area contributed by atoms with Gasteiger partial charge in [0.05, 0.1) is 7.11 Å². The molecule has 2 aromatic rings.